The average Bonchev–Trinajstić information content (AvgIpc) is 3.10. The Morgan fingerprint density at radius 3 is 2.88 bits per heavy atom. The number of nitrogens with zero attached hydrogens (tertiary/aromatic N) is 2. The van der Waals surface area contributed by atoms with Crippen molar-refractivity contribution < 1.29 is 9.66 Å². The molecule has 25 heavy (non-hydrogen) atoms. The maximum absolute atomic E-state index is 11.1. The third-order valence-electron chi connectivity index (χ3n) is 4.46. The fourth-order valence-electron chi connectivity index (χ4n) is 3.32. The fraction of sp³-hybridized carbons (Fsp3) is 0.111. The number of H-pyrrole nitrogens is 1. The van der Waals surface area contributed by atoms with Gasteiger partial charge in [0.2, 0.25) is 5.90 Å². The molecule has 0 saturated heterocycles. The number of fused-ring (bicyclic) bond motifs is 3. The summed E-state index contributed by atoms with van der Waals surface area (Å²) < 4.78 is 5.64. The molecule has 0 aliphatic carbocycles. The van der Waals surface area contributed by atoms with Crippen molar-refractivity contribution in [2.75, 3.05) is 0 Å². The summed E-state index contributed by atoms with van der Waals surface area (Å²) in [6.07, 6.45) is 1.77. The normalized spacial score (nSPS) is 19.1. The van der Waals surface area contributed by atoms with Crippen LogP contribution in [0.15, 0.2) is 48.7 Å². The van der Waals surface area contributed by atoms with Crippen LogP contribution in [0.1, 0.15) is 17.0 Å². The highest BCUT2D eigenvalue weighted by molar-refractivity contribution is 5.94. The lowest BCUT2D eigenvalue weighted by Crippen LogP contribution is -2.31. The van der Waals surface area contributed by atoms with Gasteiger partial charge < -0.3 is 9.72 Å². The number of nitro groups is 1. The van der Waals surface area contributed by atoms with Crippen LogP contribution < -0.4 is 4.74 Å². The second kappa shape index (κ2) is 5.46. The van der Waals surface area contributed by atoms with E-state index in [1.165, 1.54) is 12.1 Å². The van der Waals surface area contributed by atoms with E-state index < -0.39 is 16.8 Å². The van der Waals surface area contributed by atoms with Crippen molar-refractivity contribution in [2.24, 2.45) is 5.92 Å². The third kappa shape index (κ3) is 2.23. The van der Waals surface area contributed by atoms with Gasteiger partial charge in [-0.2, -0.15) is 5.26 Å². The Labute approximate surface area is 142 Å². The number of aromatic amines is 1. The van der Waals surface area contributed by atoms with Crippen molar-refractivity contribution in [3.63, 3.8) is 0 Å². The van der Waals surface area contributed by atoms with Gasteiger partial charge in [-0.1, -0.05) is 18.2 Å². The van der Waals surface area contributed by atoms with Crippen molar-refractivity contribution in [1.29, 1.82) is 10.7 Å². The van der Waals surface area contributed by atoms with Gasteiger partial charge in [0.1, 0.15) is 11.7 Å². The van der Waals surface area contributed by atoms with Crippen molar-refractivity contribution in [2.45, 2.75) is 5.92 Å². The third-order valence-corrected chi connectivity index (χ3v) is 4.46. The van der Waals surface area contributed by atoms with E-state index in [1.807, 2.05) is 18.2 Å². The highest BCUT2D eigenvalue weighted by Gasteiger charge is 2.38. The van der Waals surface area contributed by atoms with Crippen molar-refractivity contribution in [3.05, 3.63) is 69.9 Å². The molecule has 7 heteroatoms. The molecule has 7 nitrogen and oxygen atoms in total. The lowest BCUT2D eigenvalue weighted by molar-refractivity contribution is -0.384. The molecule has 122 valence electrons. The Hall–Kier alpha value is -3.66. The first kappa shape index (κ1) is 14.9. The van der Waals surface area contributed by atoms with E-state index in [0.29, 0.717) is 11.3 Å². The highest BCUT2D eigenvalue weighted by atomic mass is 16.6. The molecule has 1 aromatic heterocycles. The van der Waals surface area contributed by atoms with Crippen LogP contribution in [0.2, 0.25) is 0 Å². The maximum atomic E-state index is 11.1. The van der Waals surface area contributed by atoms with Crippen LogP contribution in [-0.4, -0.2) is 15.8 Å². The summed E-state index contributed by atoms with van der Waals surface area (Å²) in [5.41, 5.74) is 2.18. The number of rotatable bonds is 2. The van der Waals surface area contributed by atoms with Gasteiger partial charge in [-0.05, 0) is 17.7 Å². The number of benzene rings is 2. The quantitative estimate of drug-likeness (QED) is 0.549. The highest BCUT2D eigenvalue weighted by Crippen LogP contribution is 2.45. The molecule has 0 radical (unpaired) electrons. The standard InChI is InChI=1S/C18H12N4O3/c19-9-14-16(10-2-1-3-11(8-10)22(23)24)13-4-5-15-12(6-7-21-15)17(13)25-18(14)20/h1-8,14,16,20-21H. The van der Waals surface area contributed by atoms with Crippen LogP contribution in [0.25, 0.3) is 10.9 Å². The lowest BCUT2D eigenvalue weighted by Gasteiger charge is -2.30. The van der Waals surface area contributed by atoms with E-state index in [4.69, 9.17) is 10.1 Å². The van der Waals surface area contributed by atoms with Gasteiger partial charge in [0.05, 0.1) is 11.0 Å². The largest absolute Gasteiger partial charge is 0.441 e. The lowest BCUT2D eigenvalue weighted by atomic mass is 9.78. The Morgan fingerprint density at radius 2 is 2.12 bits per heavy atom. The van der Waals surface area contributed by atoms with Crippen LogP contribution in [0, 0.1) is 32.8 Å². The summed E-state index contributed by atoms with van der Waals surface area (Å²) in [5.74, 6) is -0.974. The molecule has 4 rings (SSSR count). The van der Waals surface area contributed by atoms with Crippen molar-refractivity contribution in [1.82, 2.24) is 4.98 Å². The molecule has 2 aromatic carbocycles. The smallest absolute Gasteiger partial charge is 0.269 e. The van der Waals surface area contributed by atoms with Gasteiger partial charge in [-0.25, -0.2) is 0 Å². The number of hydrogen-bond acceptors (Lipinski definition) is 5. The number of hydrogen-bond donors (Lipinski definition) is 2. The Kier molecular flexibility index (Phi) is 3.25. The second-order valence-electron chi connectivity index (χ2n) is 5.83. The SMILES string of the molecule is N#CC1C(=N)Oc2c(ccc3[nH]ccc23)C1c1cccc([N+](=O)[O-])c1. The number of nitro benzene ring substituents is 1. The van der Waals surface area contributed by atoms with Crippen LogP contribution in [0.5, 0.6) is 5.75 Å². The topological polar surface area (TPSA) is 116 Å². The minimum absolute atomic E-state index is 0.0449. The van der Waals surface area contributed by atoms with E-state index >= 15 is 0 Å². The van der Waals surface area contributed by atoms with E-state index in [-0.39, 0.29) is 11.6 Å². The zero-order valence-electron chi connectivity index (χ0n) is 12.9. The number of nitriles is 1. The van der Waals surface area contributed by atoms with Crippen LogP contribution in [0.3, 0.4) is 0 Å². The molecule has 3 aromatic rings. The van der Waals surface area contributed by atoms with Gasteiger partial charge in [-0.3, -0.25) is 15.5 Å². The number of aromatic nitrogens is 1. The molecular formula is C18H12N4O3. The first-order chi connectivity index (χ1) is 12.1. The Bertz CT molecular complexity index is 1060. The van der Waals surface area contributed by atoms with E-state index in [0.717, 1.165) is 16.5 Å². The van der Waals surface area contributed by atoms with Crippen LogP contribution in [-0.2, 0) is 0 Å². The molecule has 0 bridgehead atoms. The number of nitrogens with one attached hydrogen (secondary N) is 2. The average molecular weight is 332 g/mol. The van der Waals surface area contributed by atoms with E-state index in [2.05, 4.69) is 11.1 Å². The predicted octanol–water partition coefficient (Wildman–Crippen LogP) is 3.72. The molecule has 1 aliphatic rings. The molecule has 2 N–H and O–H groups in total. The van der Waals surface area contributed by atoms with Gasteiger partial charge in [0, 0.05) is 40.7 Å². The van der Waals surface area contributed by atoms with Crippen LogP contribution >= 0.6 is 0 Å². The van der Waals surface area contributed by atoms with Gasteiger partial charge in [0.25, 0.3) is 5.69 Å². The van der Waals surface area contributed by atoms with Gasteiger partial charge in [0.15, 0.2) is 0 Å². The summed E-state index contributed by atoms with van der Waals surface area (Å²) in [5, 5.41) is 29.6. The summed E-state index contributed by atoms with van der Waals surface area (Å²) in [4.78, 5) is 13.7. The molecule has 0 fully saturated rings. The first-order valence-electron chi connectivity index (χ1n) is 7.60. The zero-order chi connectivity index (χ0) is 17.6. The Balaban J connectivity index is 1.97. The molecule has 0 amide bonds. The summed E-state index contributed by atoms with van der Waals surface area (Å²) >= 11 is 0. The van der Waals surface area contributed by atoms with Crippen molar-refractivity contribution >= 4 is 22.5 Å². The maximum Gasteiger partial charge on any atom is 0.269 e. The molecule has 2 atom stereocenters. The summed E-state index contributed by atoms with van der Waals surface area (Å²) in [6, 6.07) is 13.9. The Morgan fingerprint density at radius 1 is 1.28 bits per heavy atom. The molecule has 2 heterocycles. The number of non-ortho nitro benzene ring substituents is 1. The van der Waals surface area contributed by atoms with E-state index in [9.17, 15) is 15.4 Å². The molecule has 2 unspecified atom stereocenters. The molecule has 0 saturated carbocycles. The minimum atomic E-state index is -0.842. The summed E-state index contributed by atoms with van der Waals surface area (Å²) in [6.45, 7) is 0. The second-order valence-corrected chi connectivity index (χ2v) is 5.83. The minimum Gasteiger partial charge on any atom is -0.441 e. The van der Waals surface area contributed by atoms with Crippen LogP contribution in [0.4, 0.5) is 5.69 Å². The van der Waals surface area contributed by atoms with Gasteiger partial charge >= 0.3 is 0 Å². The fourth-order valence-corrected chi connectivity index (χ4v) is 3.32. The molecule has 0 spiro atoms. The molecular weight excluding hydrogens is 320 g/mol. The monoisotopic (exact) mass is 332 g/mol. The van der Waals surface area contributed by atoms with Crippen molar-refractivity contribution in [3.8, 4) is 11.8 Å². The zero-order valence-corrected chi connectivity index (χ0v) is 12.9. The molecule has 1 aliphatic heterocycles. The van der Waals surface area contributed by atoms with E-state index in [1.54, 1.807) is 18.3 Å². The summed E-state index contributed by atoms with van der Waals surface area (Å²) in [7, 11) is 0. The predicted molar refractivity (Wildman–Crippen MR) is 90.7 cm³/mol. The van der Waals surface area contributed by atoms with Gasteiger partial charge in [-0.15, -0.1) is 0 Å². The first-order valence-corrected chi connectivity index (χ1v) is 7.60. The number of ether oxygens (including phenoxy) is 1.